The second kappa shape index (κ2) is 2.05. The number of hydrogen-bond acceptors (Lipinski definition) is 2. The maximum atomic E-state index is 11.1. The Morgan fingerprint density at radius 2 is 1.91 bits per heavy atom. The van der Waals surface area contributed by atoms with Gasteiger partial charge in [0.15, 0.2) is 0 Å². The summed E-state index contributed by atoms with van der Waals surface area (Å²) >= 11 is 5.84. The first-order chi connectivity index (χ1) is 5.13. The average molecular weight is 188 g/mol. The van der Waals surface area contributed by atoms with Gasteiger partial charge in [0.05, 0.1) is 37.0 Å². The lowest BCUT2D eigenvalue weighted by atomic mass is 10.3. The number of hydrogen-bond donors (Lipinski definition) is 0. The lowest BCUT2D eigenvalue weighted by molar-refractivity contribution is 0.692. The van der Waals surface area contributed by atoms with Crippen LogP contribution in [0, 0.1) is 13.8 Å². The van der Waals surface area contributed by atoms with Crippen LogP contribution in [-0.2, 0) is 10.8 Å². The van der Waals surface area contributed by atoms with Crippen LogP contribution in [-0.4, -0.2) is 9.19 Å². The van der Waals surface area contributed by atoms with Crippen LogP contribution in [0.1, 0.15) is 11.4 Å². The van der Waals surface area contributed by atoms with Gasteiger partial charge < -0.3 is 0 Å². The number of halogens is 1. The minimum atomic E-state index is -0.942. The van der Waals surface area contributed by atoms with Crippen molar-refractivity contribution in [3.63, 3.8) is 0 Å². The molecule has 0 saturated carbocycles. The smallest absolute Gasteiger partial charge is 0.0910 e. The minimum absolute atomic E-state index is 0.573. The highest BCUT2D eigenvalue weighted by molar-refractivity contribution is 7.91. The van der Waals surface area contributed by atoms with Crippen molar-refractivity contribution in [1.82, 2.24) is 4.98 Å². The zero-order valence-electron chi connectivity index (χ0n) is 6.14. The molecule has 0 amide bonds. The fourth-order valence-corrected chi connectivity index (χ4v) is 2.78. The molecule has 58 valence electrons. The van der Waals surface area contributed by atoms with Crippen LogP contribution in [0.15, 0.2) is 9.79 Å². The Kier molecular flexibility index (Phi) is 1.35. The van der Waals surface area contributed by atoms with Gasteiger partial charge in [0.1, 0.15) is 0 Å². The second-order valence-corrected chi connectivity index (χ2v) is 4.26. The molecule has 4 heteroatoms. The van der Waals surface area contributed by atoms with E-state index in [4.69, 9.17) is 11.6 Å². The lowest BCUT2D eigenvalue weighted by Gasteiger charge is -1.92. The van der Waals surface area contributed by atoms with Gasteiger partial charge in [-0.05, 0) is 13.8 Å². The molecule has 1 aliphatic rings. The zero-order chi connectivity index (χ0) is 8.17. The molecule has 1 unspecified atom stereocenters. The second-order valence-electron chi connectivity index (χ2n) is 2.52. The van der Waals surface area contributed by atoms with E-state index < -0.39 is 10.8 Å². The molecule has 0 spiro atoms. The predicted octanol–water partition coefficient (Wildman–Crippen LogP) is 1.83. The molecule has 0 radical (unpaired) electrons. The van der Waals surface area contributed by atoms with Crippen molar-refractivity contribution < 1.29 is 4.21 Å². The lowest BCUT2D eigenvalue weighted by Crippen LogP contribution is -1.83. The number of nitrogens with zero attached hydrogens (tertiary/aromatic N) is 1. The van der Waals surface area contributed by atoms with Crippen LogP contribution in [0.4, 0.5) is 0 Å². The first-order valence-corrected chi connectivity index (χ1v) is 4.74. The van der Waals surface area contributed by atoms with Crippen LogP contribution in [0.3, 0.4) is 0 Å². The highest BCUT2D eigenvalue weighted by Gasteiger charge is 2.35. The largest absolute Gasteiger partial charge is 0.256 e. The predicted molar refractivity (Wildman–Crippen MR) is 43.4 cm³/mol. The van der Waals surface area contributed by atoms with E-state index in [2.05, 4.69) is 4.98 Å². The number of aryl methyl sites for hydroxylation is 2. The third-order valence-electron chi connectivity index (χ3n) is 1.72. The standard InChI is InChI=1S/C7H6ClNOS/c1-3-5(8)7-6(11(7)10)4(2)9-3/h1-2H3. The van der Waals surface area contributed by atoms with E-state index >= 15 is 0 Å². The van der Waals surface area contributed by atoms with Gasteiger partial charge in [-0.15, -0.1) is 0 Å². The summed E-state index contributed by atoms with van der Waals surface area (Å²) in [6.45, 7) is 3.68. The molecule has 1 aliphatic heterocycles. The zero-order valence-corrected chi connectivity index (χ0v) is 7.71. The third-order valence-corrected chi connectivity index (χ3v) is 3.74. The summed E-state index contributed by atoms with van der Waals surface area (Å²) < 4.78 is 11.1. The normalized spacial score (nSPS) is 19.7. The Bertz CT molecular complexity index is 375. The Morgan fingerprint density at radius 3 is 2.55 bits per heavy atom. The van der Waals surface area contributed by atoms with E-state index in [0.29, 0.717) is 5.02 Å². The monoisotopic (exact) mass is 187 g/mol. The van der Waals surface area contributed by atoms with Crippen molar-refractivity contribution in [2.75, 3.05) is 0 Å². The van der Waals surface area contributed by atoms with Gasteiger partial charge in [-0.2, -0.15) is 0 Å². The van der Waals surface area contributed by atoms with Gasteiger partial charge in [-0.25, -0.2) is 4.21 Å². The summed E-state index contributed by atoms with van der Waals surface area (Å²) in [5.41, 5.74) is 1.62. The molecular formula is C7H6ClNOS. The van der Waals surface area contributed by atoms with Crippen LogP contribution in [0.25, 0.3) is 0 Å². The van der Waals surface area contributed by atoms with E-state index in [0.717, 1.165) is 21.2 Å². The molecule has 0 N–H and O–H groups in total. The fraction of sp³-hybridized carbons (Fsp3) is 0.286. The van der Waals surface area contributed by atoms with Crippen LogP contribution in [0.5, 0.6) is 0 Å². The van der Waals surface area contributed by atoms with E-state index in [1.54, 1.807) is 0 Å². The molecule has 0 fully saturated rings. The van der Waals surface area contributed by atoms with Crippen LogP contribution in [0.2, 0.25) is 5.02 Å². The molecular weight excluding hydrogens is 182 g/mol. The fourth-order valence-electron chi connectivity index (χ4n) is 1.13. The number of pyridine rings is 1. The Balaban J connectivity index is 2.78. The van der Waals surface area contributed by atoms with Crippen LogP contribution < -0.4 is 0 Å². The molecule has 1 aromatic rings. The molecule has 2 nitrogen and oxygen atoms in total. The molecule has 1 aromatic heterocycles. The maximum absolute atomic E-state index is 11.1. The van der Waals surface area contributed by atoms with Gasteiger partial charge in [0, 0.05) is 0 Å². The molecule has 0 aliphatic carbocycles. The number of aromatic nitrogens is 1. The summed E-state index contributed by atoms with van der Waals surface area (Å²) in [5, 5.41) is 0.573. The van der Waals surface area contributed by atoms with Crippen LogP contribution >= 0.6 is 11.6 Å². The molecule has 2 heterocycles. The summed E-state index contributed by atoms with van der Waals surface area (Å²) in [6.07, 6.45) is 0. The summed E-state index contributed by atoms with van der Waals surface area (Å²) in [5.74, 6) is 0. The van der Waals surface area contributed by atoms with E-state index in [9.17, 15) is 4.21 Å². The highest BCUT2D eigenvalue weighted by atomic mass is 35.5. The Morgan fingerprint density at radius 1 is 1.27 bits per heavy atom. The molecule has 1 atom stereocenters. The summed E-state index contributed by atoms with van der Waals surface area (Å²) in [4.78, 5) is 5.77. The molecule has 2 rings (SSSR count). The number of rotatable bonds is 0. The van der Waals surface area contributed by atoms with Crippen molar-refractivity contribution in [2.45, 2.75) is 23.6 Å². The molecule has 0 saturated heterocycles. The van der Waals surface area contributed by atoms with Crippen molar-refractivity contribution >= 4 is 22.4 Å². The highest BCUT2D eigenvalue weighted by Crippen LogP contribution is 2.43. The quantitative estimate of drug-likeness (QED) is 0.589. The SMILES string of the molecule is Cc1nc(C)c2c(c1Cl)S2=O. The third kappa shape index (κ3) is 0.844. The van der Waals surface area contributed by atoms with Crippen molar-refractivity contribution in [2.24, 2.45) is 0 Å². The van der Waals surface area contributed by atoms with Gasteiger partial charge >= 0.3 is 0 Å². The van der Waals surface area contributed by atoms with Crippen molar-refractivity contribution in [3.8, 4) is 0 Å². The van der Waals surface area contributed by atoms with Gasteiger partial charge in [0.2, 0.25) is 0 Å². The Hall–Kier alpha value is -0.410. The average Bonchev–Trinajstić information content (AvgIpc) is 2.58. The summed E-state index contributed by atoms with van der Waals surface area (Å²) in [7, 11) is -0.942. The maximum Gasteiger partial charge on any atom is 0.0910 e. The molecule has 0 aromatic carbocycles. The van der Waals surface area contributed by atoms with Gasteiger partial charge in [0.25, 0.3) is 0 Å². The first-order valence-electron chi connectivity index (χ1n) is 3.21. The van der Waals surface area contributed by atoms with Gasteiger partial charge in [-0.3, -0.25) is 4.98 Å². The topological polar surface area (TPSA) is 30.0 Å². The summed E-state index contributed by atoms with van der Waals surface area (Å²) in [6, 6.07) is 0. The van der Waals surface area contributed by atoms with E-state index in [1.165, 1.54) is 0 Å². The van der Waals surface area contributed by atoms with Crippen molar-refractivity contribution in [1.29, 1.82) is 0 Å². The van der Waals surface area contributed by atoms with E-state index in [1.807, 2.05) is 13.8 Å². The van der Waals surface area contributed by atoms with Gasteiger partial charge in [-0.1, -0.05) is 11.6 Å². The molecule has 11 heavy (non-hydrogen) atoms. The number of fused-ring (bicyclic) bond motifs is 1. The Labute approximate surface area is 72.1 Å². The van der Waals surface area contributed by atoms with E-state index in [-0.39, 0.29) is 0 Å². The molecule has 0 bridgehead atoms. The first kappa shape index (κ1) is 7.25. The van der Waals surface area contributed by atoms with Crippen molar-refractivity contribution in [3.05, 3.63) is 16.4 Å². The minimum Gasteiger partial charge on any atom is -0.256 e.